The van der Waals surface area contributed by atoms with Crippen LogP contribution >= 0.6 is 23.2 Å². The van der Waals surface area contributed by atoms with Crippen molar-refractivity contribution in [3.05, 3.63) is 81.9 Å². The van der Waals surface area contributed by atoms with Crippen molar-refractivity contribution in [1.82, 2.24) is 14.8 Å². The smallest absolute Gasteiger partial charge is 0.297 e. The van der Waals surface area contributed by atoms with Crippen molar-refractivity contribution in [2.75, 3.05) is 38.8 Å². The number of hydrogen-bond acceptors (Lipinski definition) is 8. The molecule has 3 aliphatic heterocycles. The van der Waals surface area contributed by atoms with Crippen LogP contribution in [-0.2, 0) is 16.0 Å². The first kappa shape index (κ1) is 26.1. The number of anilines is 1. The van der Waals surface area contributed by atoms with Crippen molar-refractivity contribution in [1.29, 1.82) is 0 Å². The number of halogens is 2. The number of morpholine rings is 1. The largest absolute Gasteiger partial charge is 0.494 e. The normalized spacial score (nSPS) is 19.1. The molecule has 1 atom stereocenters. The highest BCUT2D eigenvalue weighted by Gasteiger charge is 2.47. The van der Waals surface area contributed by atoms with E-state index in [4.69, 9.17) is 38.4 Å². The van der Waals surface area contributed by atoms with Gasteiger partial charge in [0.2, 0.25) is 6.04 Å². The van der Waals surface area contributed by atoms with Gasteiger partial charge < -0.3 is 20.1 Å². The average molecular weight is 557 g/mol. The number of amidine groups is 1. The lowest BCUT2D eigenvalue weighted by molar-refractivity contribution is -0.120. The lowest BCUT2D eigenvalue weighted by Crippen LogP contribution is -2.58. The maximum absolute atomic E-state index is 13.0. The number of hydrogen-bond donors (Lipinski definition) is 2. The molecule has 12 heteroatoms. The van der Waals surface area contributed by atoms with E-state index in [0.717, 1.165) is 11.3 Å². The van der Waals surface area contributed by atoms with Crippen LogP contribution in [0, 0.1) is 0 Å². The summed E-state index contributed by atoms with van der Waals surface area (Å²) in [5.74, 6) is 0.148. The summed E-state index contributed by atoms with van der Waals surface area (Å²) in [7, 11) is 1.51. The second kappa shape index (κ2) is 11.0. The molecule has 1 saturated heterocycles. The zero-order valence-electron chi connectivity index (χ0n) is 20.6. The van der Waals surface area contributed by atoms with Crippen LogP contribution in [0.15, 0.2) is 65.7 Å². The maximum Gasteiger partial charge on any atom is 0.297 e. The number of nitrogens with zero attached hydrogens (tertiary/aromatic N) is 4. The van der Waals surface area contributed by atoms with E-state index in [1.165, 1.54) is 7.11 Å². The third-order valence-corrected chi connectivity index (χ3v) is 7.18. The lowest BCUT2D eigenvalue weighted by Gasteiger charge is -2.33. The van der Waals surface area contributed by atoms with Crippen molar-refractivity contribution >= 4 is 46.5 Å². The van der Waals surface area contributed by atoms with Crippen molar-refractivity contribution in [3.63, 3.8) is 0 Å². The first-order chi connectivity index (χ1) is 18.4. The highest BCUT2D eigenvalue weighted by atomic mass is 35.5. The summed E-state index contributed by atoms with van der Waals surface area (Å²) in [6.45, 7) is 2.08. The van der Waals surface area contributed by atoms with E-state index in [1.807, 2.05) is 0 Å². The summed E-state index contributed by atoms with van der Waals surface area (Å²) >= 11 is 12.9. The van der Waals surface area contributed by atoms with Crippen LogP contribution in [0.1, 0.15) is 15.9 Å². The molecule has 0 spiro atoms. The van der Waals surface area contributed by atoms with Crippen molar-refractivity contribution in [2.45, 2.75) is 12.5 Å². The predicted molar refractivity (Wildman–Crippen MR) is 145 cm³/mol. The first-order valence-corrected chi connectivity index (χ1v) is 12.7. The SMILES string of the molecule is COc1cc(C(=O)N2CCOCC2)ccc1NN1C=C(Cc2c(Cl)cccc2Cl)[N+]2C=CN=C2C1C(N)=O. The fourth-order valence-corrected chi connectivity index (χ4v) is 5.09. The Bertz CT molecular complexity index is 1330. The number of carbonyl (C=O) groups excluding carboxylic acids is 2. The molecule has 0 aliphatic carbocycles. The summed E-state index contributed by atoms with van der Waals surface area (Å²) in [6, 6.07) is 9.50. The molecule has 2 aromatic rings. The van der Waals surface area contributed by atoms with Crippen molar-refractivity contribution in [2.24, 2.45) is 10.7 Å². The van der Waals surface area contributed by atoms with E-state index < -0.39 is 11.9 Å². The number of benzene rings is 2. The molecule has 3 aliphatic rings. The van der Waals surface area contributed by atoms with Crippen LogP contribution in [0.5, 0.6) is 5.75 Å². The highest BCUT2D eigenvalue weighted by molar-refractivity contribution is 6.36. The minimum Gasteiger partial charge on any atom is -0.494 e. The Morgan fingerprint density at radius 2 is 1.95 bits per heavy atom. The Morgan fingerprint density at radius 1 is 1.21 bits per heavy atom. The summed E-state index contributed by atoms with van der Waals surface area (Å²) in [5, 5.41) is 2.63. The van der Waals surface area contributed by atoms with Crippen LogP contribution in [0.25, 0.3) is 0 Å². The van der Waals surface area contributed by atoms with Gasteiger partial charge in [-0.15, -0.1) is 0 Å². The molecular formula is C26H26Cl2N6O4+. The quantitative estimate of drug-likeness (QED) is 0.506. The summed E-state index contributed by atoms with van der Waals surface area (Å²) in [6.07, 6.45) is 5.49. The Morgan fingerprint density at radius 3 is 2.63 bits per heavy atom. The number of ether oxygens (including phenoxy) is 2. The summed E-state index contributed by atoms with van der Waals surface area (Å²) < 4.78 is 10.9. The number of primary amides is 1. The number of aliphatic imine (C=N–C) groups is 1. The number of carbonyl (C=O) groups is 2. The molecule has 1 radical (unpaired) electrons. The van der Waals surface area contributed by atoms with Crippen LogP contribution in [0.4, 0.5) is 5.69 Å². The van der Waals surface area contributed by atoms with E-state index in [2.05, 4.69) is 10.4 Å². The second-order valence-corrected chi connectivity index (χ2v) is 9.61. The first-order valence-electron chi connectivity index (χ1n) is 11.9. The minimum atomic E-state index is -0.921. The number of nitrogens with one attached hydrogen (secondary N) is 1. The molecule has 0 aromatic heterocycles. The zero-order chi connectivity index (χ0) is 26.8. The zero-order valence-corrected chi connectivity index (χ0v) is 22.1. The van der Waals surface area contributed by atoms with E-state index in [9.17, 15) is 9.59 Å². The van der Waals surface area contributed by atoms with E-state index >= 15 is 0 Å². The Hall–Kier alpha value is -3.57. The molecule has 10 nitrogen and oxygen atoms in total. The summed E-state index contributed by atoms with van der Waals surface area (Å²) in [4.78, 5) is 33.5. The fraction of sp³-hybridized carbons (Fsp3) is 0.269. The van der Waals surface area contributed by atoms with E-state index in [-0.39, 0.29) is 5.91 Å². The Balaban J connectivity index is 1.47. The van der Waals surface area contributed by atoms with Gasteiger partial charge in [0.1, 0.15) is 5.75 Å². The Kier molecular flexibility index (Phi) is 7.57. The molecule has 2 amide bonds. The van der Waals surface area contributed by atoms with Gasteiger partial charge in [-0.2, -0.15) is 4.99 Å². The highest BCUT2D eigenvalue weighted by Crippen LogP contribution is 2.33. The molecule has 3 N–H and O–H groups in total. The second-order valence-electron chi connectivity index (χ2n) is 8.80. The number of fused-ring (bicyclic) bond motifs is 1. The monoisotopic (exact) mass is 556 g/mol. The standard InChI is InChI=1S/C26H26Cl2N6O4/c1-37-22-13-16(26(36)32-9-11-38-12-10-32)5-6-21(22)31-34-15-17(14-18-19(27)3-2-4-20(18)28)33-8-7-30-25(33)23(34)24(29)35/h2-8,13,15,23,31H,9-12,14H2,1H3,(H2,29,35)/q+1. The minimum absolute atomic E-state index is 0.105. The fourth-order valence-electron chi connectivity index (χ4n) is 4.56. The van der Waals surface area contributed by atoms with Gasteiger partial charge in [-0.25, -0.2) is 0 Å². The van der Waals surface area contributed by atoms with Gasteiger partial charge in [0.15, 0.2) is 11.9 Å². The topological polar surface area (TPSA) is 115 Å². The number of amides is 2. The number of rotatable bonds is 7. The molecule has 197 valence electrons. The van der Waals surface area contributed by atoms with E-state index in [1.54, 1.807) is 69.8 Å². The predicted octanol–water partition coefficient (Wildman–Crippen LogP) is 3.08. The van der Waals surface area contributed by atoms with Crippen LogP contribution in [0.3, 0.4) is 0 Å². The Labute approximate surface area is 229 Å². The third-order valence-electron chi connectivity index (χ3n) is 6.48. The van der Waals surface area contributed by atoms with Gasteiger partial charge in [0, 0.05) is 28.7 Å². The van der Waals surface area contributed by atoms with Gasteiger partial charge in [0.25, 0.3) is 17.6 Å². The lowest BCUT2D eigenvalue weighted by atomic mass is 10.1. The molecule has 1 fully saturated rings. The number of hydrazine groups is 1. The van der Waals surface area contributed by atoms with Gasteiger partial charge in [-0.1, -0.05) is 34.2 Å². The molecule has 0 bridgehead atoms. The van der Waals surface area contributed by atoms with Gasteiger partial charge >= 0.3 is 0 Å². The molecule has 0 saturated carbocycles. The third kappa shape index (κ3) is 5.08. The molecule has 38 heavy (non-hydrogen) atoms. The van der Waals surface area contributed by atoms with E-state index in [0.29, 0.717) is 65.6 Å². The molecule has 5 rings (SSSR count). The molecular weight excluding hydrogens is 531 g/mol. The van der Waals surface area contributed by atoms with Crippen molar-refractivity contribution < 1.29 is 19.1 Å². The van der Waals surface area contributed by atoms with Gasteiger partial charge in [0.05, 0.1) is 44.8 Å². The van der Waals surface area contributed by atoms with Gasteiger partial charge in [-0.05, 0) is 35.9 Å². The molecule has 2 aromatic carbocycles. The maximum atomic E-state index is 13.0. The van der Waals surface area contributed by atoms with Crippen molar-refractivity contribution in [3.8, 4) is 5.75 Å². The van der Waals surface area contributed by atoms with Crippen LogP contribution in [0.2, 0.25) is 10.0 Å². The molecule has 3 heterocycles. The number of nitrogens with two attached hydrogens (primary N) is 1. The van der Waals surface area contributed by atoms with Gasteiger partial charge in [-0.3, -0.25) is 20.0 Å². The van der Waals surface area contributed by atoms with Crippen LogP contribution in [-0.4, -0.2) is 67.0 Å². The molecule has 1 unspecified atom stereocenters. The summed E-state index contributed by atoms with van der Waals surface area (Å²) in [5.41, 5.74) is 11.5. The van der Waals surface area contributed by atoms with Crippen LogP contribution < -0.4 is 20.8 Å². The number of methoxy groups -OCH3 is 1. The number of allylic oxidation sites excluding steroid dienone is 1. The average Bonchev–Trinajstić information content (AvgIpc) is 3.40.